The molecule has 232 valence electrons. The Balaban J connectivity index is 1.10. The van der Waals surface area contributed by atoms with Gasteiger partial charge in [0.2, 0.25) is 0 Å². The van der Waals surface area contributed by atoms with Gasteiger partial charge in [0.1, 0.15) is 17.6 Å². The van der Waals surface area contributed by atoms with E-state index >= 15 is 0 Å². The lowest BCUT2D eigenvalue weighted by Gasteiger charge is -2.45. The maximum atomic E-state index is 13.8. The van der Waals surface area contributed by atoms with Gasteiger partial charge in [-0.3, -0.25) is 19.3 Å². The molecule has 0 radical (unpaired) electrons. The van der Waals surface area contributed by atoms with Crippen LogP contribution < -0.4 is 14.8 Å². The van der Waals surface area contributed by atoms with E-state index in [9.17, 15) is 14.4 Å². The van der Waals surface area contributed by atoms with Gasteiger partial charge < -0.3 is 19.5 Å². The molecule has 1 saturated carbocycles. The highest BCUT2D eigenvalue weighted by atomic mass is 35.5. The molecule has 1 amide bonds. The number of aryl methyl sites for hydroxylation is 1. The minimum Gasteiger partial charge on any atom is -0.496 e. The predicted octanol–water partition coefficient (Wildman–Crippen LogP) is 5.52. The number of carbonyl (C=O) groups excluding carboxylic acids is 3. The fourth-order valence-corrected chi connectivity index (χ4v) is 7.12. The van der Waals surface area contributed by atoms with Crippen molar-refractivity contribution in [3.63, 3.8) is 0 Å². The number of halogens is 1. The van der Waals surface area contributed by atoms with Gasteiger partial charge in [0.05, 0.1) is 23.1 Å². The van der Waals surface area contributed by atoms with Crippen LogP contribution in [0, 0.1) is 5.92 Å². The van der Waals surface area contributed by atoms with Gasteiger partial charge in [-0.15, -0.1) is 0 Å². The van der Waals surface area contributed by atoms with E-state index in [-0.39, 0.29) is 35.4 Å². The Morgan fingerprint density at radius 2 is 1.86 bits per heavy atom. The van der Waals surface area contributed by atoms with Crippen molar-refractivity contribution in [3.05, 3.63) is 58.1 Å². The molecule has 2 bridgehead atoms. The van der Waals surface area contributed by atoms with Gasteiger partial charge in [-0.2, -0.15) is 0 Å². The summed E-state index contributed by atoms with van der Waals surface area (Å²) in [4.78, 5) is 39.7. The van der Waals surface area contributed by atoms with Crippen molar-refractivity contribution >= 4 is 29.8 Å². The quantitative estimate of drug-likeness (QED) is 0.181. The second-order valence-electron chi connectivity index (χ2n) is 12.2. The topological polar surface area (TPSA) is 94.2 Å². The third kappa shape index (κ3) is 7.52. The highest BCUT2D eigenvalue weighted by Gasteiger charge is 2.45. The zero-order valence-electron chi connectivity index (χ0n) is 25.1. The Hall–Kier alpha value is -3.10. The lowest BCUT2D eigenvalue weighted by Crippen LogP contribution is -2.53. The Labute approximate surface area is 259 Å². The highest BCUT2D eigenvalue weighted by molar-refractivity contribution is 6.32. The van der Waals surface area contributed by atoms with Crippen molar-refractivity contribution < 1.29 is 28.6 Å². The number of methoxy groups -OCH3 is 1. The number of esters is 1. The fourth-order valence-electron chi connectivity index (χ4n) is 6.89. The summed E-state index contributed by atoms with van der Waals surface area (Å²) in [5.41, 5.74) is 2.07. The van der Waals surface area contributed by atoms with Crippen molar-refractivity contribution in [2.45, 2.75) is 75.7 Å². The molecule has 1 aliphatic carbocycles. The number of ether oxygens (including phenoxy) is 3. The van der Waals surface area contributed by atoms with Crippen LogP contribution in [0.15, 0.2) is 36.4 Å². The van der Waals surface area contributed by atoms with Crippen LogP contribution in [0.5, 0.6) is 11.5 Å². The first kappa shape index (κ1) is 31.3. The zero-order valence-corrected chi connectivity index (χ0v) is 25.8. The maximum Gasteiger partial charge on any atom is 0.316 e. The van der Waals surface area contributed by atoms with Gasteiger partial charge in [-0.1, -0.05) is 55.1 Å². The van der Waals surface area contributed by atoms with Gasteiger partial charge >= 0.3 is 5.97 Å². The van der Waals surface area contributed by atoms with E-state index in [2.05, 4.69) is 34.5 Å². The molecule has 4 aliphatic rings. The molecule has 6 rings (SSSR count). The number of amides is 1. The standard InChI is InChI=1S/C34H43ClN2O6/c1-41-29-20-30(28(35)19-26(29)22-38)42-23-32(39)36-15-6-3-8-24-9-7-10-27(18-24)34(13-4-2-5-14-34)33(40)43-31-21-37-16-11-25(31)12-17-37/h7,9-10,18-20,22,25,31H,2-6,8,11-17,21,23H2,1H3,(H,36,39). The molecule has 3 heterocycles. The highest BCUT2D eigenvalue weighted by Crippen LogP contribution is 2.42. The summed E-state index contributed by atoms with van der Waals surface area (Å²) in [5, 5.41) is 3.12. The molecule has 3 aliphatic heterocycles. The Bertz CT molecular complexity index is 1290. The Morgan fingerprint density at radius 3 is 2.56 bits per heavy atom. The SMILES string of the molecule is COc1cc(OCC(=O)NCCCCc2cccc(C3(C(=O)OC4CN5CCC4CC5)CCCCC3)c2)c(Cl)cc1C=O. The van der Waals surface area contributed by atoms with Crippen LogP contribution in [0.25, 0.3) is 0 Å². The summed E-state index contributed by atoms with van der Waals surface area (Å²) in [5.74, 6) is 0.843. The lowest BCUT2D eigenvalue weighted by atomic mass is 9.69. The van der Waals surface area contributed by atoms with Gasteiger partial charge in [0.15, 0.2) is 12.9 Å². The van der Waals surface area contributed by atoms with Crippen LogP contribution in [0.2, 0.25) is 5.02 Å². The summed E-state index contributed by atoms with van der Waals surface area (Å²) < 4.78 is 17.0. The number of hydrogen-bond donors (Lipinski definition) is 1. The maximum absolute atomic E-state index is 13.8. The minimum atomic E-state index is -0.547. The van der Waals surface area contributed by atoms with E-state index < -0.39 is 5.41 Å². The average Bonchev–Trinajstić information content (AvgIpc) is 3.04. The molecular formula is C34H43ClN2O6. The molecule has 8 nitrogen and oxygen atoms in total. The normalized spacial score (nSPS) is 22.4. The van der Waals surface area contributed by atoms with Gasteiger partial charge in [0, 0.05) is 19.2 Å². The van der Waals surface area contributed by atoms with Crippen LogP contribution in [0.1, 0.15) is 79.3 Å². The van der Waals surface area contributed by atoms with Crippen LogP contribution in [0.4, 0.5) is 0 Å². The average molecular weight is 611 g/mol. The number of aldehydes is 1. The summed E-state index contributed by atoms with van der Waals surface area (Å²) in [6.45, 7) is 3.48. The van der Waals surface area contributed by atoms with E-state index in [0.29, 0.717) is 30.1 Å². The van der Waals surface area contributed by atoms with Crippen LogP contribution >= 0.6 is 11.6 Å². The number of carbonyl (C=O) groups is 3. The first-order valence-electron chi connectivity index (χ1n) is 15.7. The minimum absolute atomic E-state index is 0.0209. The third-order valence-electron chi connectivity index (χ3n) is 9.42. The van der Waals surface area contributed by atoms with Crippen molar-refractivity contribution in [2.24, 2.45) is 5.92 Å². The summed E-state index contributed by atoms with van der Waals surface area (Å²) in [6, 6.07) is 11.5. The number of benzene rings is 2. The van der Waals surface area contributed by atoms with Gasteiger partial charge in [-0.05, 0) is 81.1 Å². The number of piperidine rings is 3. The second-order valence-corrected chi connectivity index (χ2v) is 12.6. The van der Waals surface area contributed by atoms with Crippen molar-refractivity contribution in [3.8, 4) is 11.5 Å². The number of nitrogens with one attached hydrogen (secondary N) is 1. The summed E-state index contributed by atoms with van der Waals surface area (Å²) in [6.07, 6.45) is 10.5. The van der Waals surface area contributed by atoms with Crippen LogP contribution in [-0.4, -0.2) is 69.1 Å². The van der Waals surface area contributed by atoms with E-state index in [1.807, 2.05) is 0 Å². The molecule has 4 fully saturated rings. The van der Waals surface area contributed by atoms with Crippen LogP contribution in [-0.2, 0) is 26.2 Å². The van der Waals surface area contributed by atoms with Crippen LogP contribution in [0.3, 0.4) is 0 Å². The molecule has 0 aromatic heterocycles. The molecule has 3 saturated heterocycles. The summed E-state index contributed by atoms with van der Waals surface area (Å²) in [7, 11) is 1.45. The largest absolute Gasteiger partial charge is 0.496 e. The molecule has 1 unspecified atom stereocenters. The predicted molar refractivity (Wildman–Crippen MR) is 165 cm³/mol. The Kier molecular flexibility index (Phi) is 10.6. The van der Waals surface area contributed by atoms with Gasteiger partial charge in [0.25, 0.3) is 5.91 Å². The fraction of sp³-hybridized carbons (Fsp3) is 0.559. The van der Waals surface area contributed by atoms with E-state index in [0.717, 1.165) is 83.0 Å². The van der Waals surface area contributed by atoms with E-state index in [1.54, 1.807) is 0 Å². The van der Waals surface area contributed by atoms with Crippen molar-refractivity contribution in [1.82, 2.24) is 10.2 Å². The molecular weight excluding hydrogens is 568 g/mol. The van der Waals surface area contributed by atoms with E-state index in [1.165, 1.54) is 31.2 Å². The number of nitrogens with zero attached hydrogens (tertiary/aromatic N) is 1. The molecule has 2 aromatic carbocycles. The molecule has 0 spiro atoms. The second kappa shape index (κ2) is 14.6. The molecule has 43 heavy (non-hydrogen) atoms. The first-order valence-corrected chi connectivity index (χ1v) is 16.0. The molecule has 2 aromatic rings. The number of hydrogen-bond acceptors (Lipinski definition) is 7. The number of rotatable bonds is 13. The smallest absolute Gasteiger partial charge is 0.316 e. The monoisotopic (exact) mass is 610 g/mol. The molecule has 1 N–H and O–H groups in total. The number of unbranched alkanes of at least 4 members (excludes halogenated alkanes) is 1. The lowest BCUT2D eigenvalue weighted by molar-refractivity contribution is -0.167. The third-order valence-corrected chi connectivity index (χ3v) is 9.71. The van der Waals surface area contributed by atoms with Crippen molar-refractivity contribution in [2.75, 3.05) is 39.9 Å². The van der Waals surface area contributed by atoms with Crippen molar-refractivity contribution in [1.29, 1.82) is 0 Å². The molecule has 9 heteroatoms. The number of fused-ring (bicyclic) bond motifs is 3. The Morgan fingerprint density at radius 1 is 1.07 bits per heavy atom. The van der Waals surface area contributed by atoms with E-state index in [4.69, 9.17) is 25.8 Å². The van der Waals surface area contributed by atoms with Gasteiger partial charge in [-0.25, -0.2) is 0 Å². The zero-order chi connectivity index (χ0) is 30.2. The summed E-state index contributed by atoms with van der Waals surface area (Å²) >= 11 is 6.17. The molecule has 1 atom stereocenters. The first-order chi connectivity index (χ1) is 20.9.